The molecule has 0 saturated carbocycles. The second-order valence-corrected chi connectivity index (χ2v) is 19.3. The van der Waals surface area contributed by atoms with Gasteiger partial charge in [0.2, 0.25) is 41.4 Å². The van der Waals surface area contributed by atoms with Crippen LogP contribution in [0.5, 0.6) is 5.75 Å². The number of phenolic OH excluding ortho intramolecular Hbond substituents is 1. The number of hydrogen-bond acceptors (Lipinski definition) is 15. The summed E-state index contributed by atoms with van der Waals surface area (Å²) in [5.74, 6) is -7.81. The number of imidazole rings is 1. The molecule has 2 aromatic carbocycles. The Morgan fingerprint density at radius 2 is 1.25 bits per heavy atom. The van der Waals surface area contributed by atoms with Gasteiger partial charge in [-0.3, -0.25) is 38.4 Å². The predicted octanol–water partition coefficient (Wildman–Crippen LogP) is -0.573. The molecule has 0 aliphatic carbocycles. The largest absolute Gasteiger partial charge is 0.508 e. The molecule has 14 N–H and O–H groups in total. The first-order valence-electron chi connectivity index (χ1n) is 23.4. The number of phenols is 1. The number of thioether (sulfide) groups is 1. The van der Waals surface area contributed by atoms with Crippen LogP contribution in [-0.4, -0.2) is 134 Å². The lowest BCUT2D eigenvalue weighted by Crippen LogP contribution is -2.61. The molecule has 0 spiro atoms. The highest BCUT2D eigenvalue weighted by Gasteiger charge is 2.36. The van der Waals surface area contributed by atoms with Crippen molar-refractivity contribution in [2.45, 2.75) is 121 Å². The first-order chi connectivity index (χ1) is 34.1. The van der Waals surface area contributed by atoms with E-state index >= 15 is 0 Å². The number of benzene rings is 2. The zero-order chi connectivity index (χ0) is 53.5. The fourth-order valence-electron chi connectivity index (χ4n) is 7.16. The Hall–Kier alpha value is -6.66. The van der Waals surface area contributed by atoms with Gasteiger partial charge in [0.1, 0.15) is 42.0 Å². The number of aromatic nitrogens is 2. The predicted molar refractivity (Wildman–Crippen MR) is 272 cm³/mol. The number of amides is 8. The van der Waals surface area contributed by atoms with Crippen LogP contribution in [0.15, 0.2) is 67.1 Å². The highest BCUT2D eigenvalue weighted by molar-refractivity contribution is 7.98. The molecule has 8 amide bonds. The monoisotopic (exact) mass is 1040 g/mol. The van der Waals surface area contributed by atoms with Gasteiger partial charge < -0.3 is 63.9 Å². The topological polar surface area (TPSA) is 362 Å². The molecule has 22 nitrogen and oxygen atoms in total. The van der Waals surface area contributed by atoms with Gasteiger partial charge in [0, 0.05) is 36.9 Å². The Balaban J connectivity index is 1.89. The number of nitrogens with one attached hydrogen (secondary N) is 7. The highest BCUT2D eigenvalue weighted by Crippen LogP contribution is 2.14. The Morgan fingerprint density at radius 1 is 0.694 bits per heavy atom. The summed E-state index contributed by atoms with van der Waals surface area (Å²) in [7, 11) is 0. The van der Waals surface area contributed by atoms with Crippen LogP contribution in [0.3, 0.4) is 0 Å². The van der Waals surface area contributed by atoms with Gasteiger partial charge >= 0.3 is 5.97 Å². The van der Waals surface area contributed by atoms with Gasteiger partial charge in [-0.05, 0) is 72.8 Å². The van der Waals surface area contributed by atoms with Crippen molar-refractivity contribution in [2.75, 3.05) is 17.8 Å². The lowest BCUT2D eigenvalue weighted by molar-refractivity contribution is -0.156. The van der Waals surface area contributed by atoms with E-state index in [2.05, 4.69) is 54.5 Å². The second-order valence-electron chi connectivity index (χ2n) is 17.9. The minimum Gasteiger partial charge on any atom is -0.508 e. The van der Waals surface area contributed by atoms with Crippen LogP contribution in [0.25, 0.3) is 0 Å². The number of rotatable bonds is 31. The smallest absolute Gasteiger partial charge is 0.329 e. The molecule has 1 heterocycles. The number of aromatic hydroxyl groups is 1. The summed E-state index contributed by atoms with van der Waals surface area (Å²) in [6.07, 6.45) is 2.72. The molecule has 0 bridgehead atoms. The number of thiol groups is 1. The summed E-state index contributed by atoms with van der Waals surface area (Å²) < 4.78 is 5.27. The van der Waals surface area contributed by atoms with E-state index in [9.17, 15) is 48.3 Å². The number of esters is 1. The van der Waals surface area contributed by atoms with Gasteiger partial charge in [-0.1, -0.05) is 70.2 Å². The zero-order valence-electron chi connectivity index (χ0n) is 41.1. The second kappa shape index (κ2) is 30.3. The van der Waals surface area contributed by atoms with Crippen LogP contribution < -0.4 is 49.1 Å². The van der Waals surface area contributed by atoms with E-state index in [-0.39, 0.29) is 62.4 Å². The molecule has 3 aromatic rings. The number of hydrogen-bond donors (Lipinski definition) is 12. The first kappa shape index (κ1) is 59.6. The minimum atomic E-state index is -1.40. The maximum atomic E-state index is 14.4. The van der Waals surface area contributed by atoms with Crippen LogP contribution in [0, 0.1) is 11.8 Å². The summed E-state index contributed by atoms with van der Waals surface area (Å²) in [5, 5.41) is 25.7. The third-order valence-electron chi connectivity index (χ3n) is 11.1. The molecule has 0 radical (unpaired) electrons. The average Bonchev–Trinajstić information content (AvgIpc) is 3.85. The Kier molecular flexibility index (Phi) is 25.1. The first-order valence-corrected chi connectivity index (χ1v) is 25.4. The molecule has 72 heavy (non-hydrogen) atoms. The SMILES string of the molecule is CSCC[C@H](NC(=O)[C@H](CC(C)C)NC(=O)[C@H](Cc1ccccc1)NC(=O)[C@@H](NC(=O)[C@H](Cc1cnc[nH]1)NC(=O)[C@H](CCC(N)=O)NC(=O)[C@@H](N)Cc1ccc(O)cc1)C(C)C)C(=O)OC(CS)C(N)=O. The van der Waals surface area contributed by atoms with E-state index in [0.29, 0.717) is 22.6 Å². The molecule has 0 fully saturated rings. The summed E-state index contributed by atoms with van der Waals surface area (Å²) in [4.78, 5) is 128. The van der Waals surface area contributed by atoms with Crippen LogP contribution in [-0.2, 0) is 67.2 Å². The van der Waals surface area contributed by atoms with Crippen molar-refractivity contribution in [1.29, 1.82) is 0 Å². The molecular formula is C48H69N11O11S2. The summed E-state index contributed by atoms with van der Waals surface area (Å²) in [5.41, 5.74) is 18.6. The fourth-order valence-corrected chi connectivity index (χ4v) is 7.89. The number of primary amides is 2. The van der Waals surface area contributed by atoms with Crippen LogP contribution >= 0.6 is 24.4 Å². The molecule has 1 unspecified atom stereocenters. The Morgan fingerprint density at radius 3 is 1.82 bits per heavy atom. The molecule has 8 atom stereocenters. The van der Waals surface area contributed by atoms with Crippen LogP contribution in [0.2, 0.25) is 0 Å². The maximum Gasteiger partial charge on any atom is 0.329 e. The fraction of sp³-hybridized carbons (Fsp3) is 0.500. The third kappa shape index (κ3) is 20.6. The number of aromatic amines is 1. The van der Waals surface area contributed by atoms with Gasteiger partial charge in [0.15, 0.2) is 6.10 Å². The van der Waals surface area contributed by atoms with Gasteiger partial charge in [-0.2, -0.15) is 24.4 Å². The van der Waals surface area contributed by atoms with Crippen molar-refractivity contribution >= 4 is 77.6 Å². The van der Waals surface area contributed by atoms with Crippen molar-refractivity contribution in [1.82, 2.24) is 41.9 Å². The van der Waals surface area contributed by atoms with E-state index in [0.717, 1.165) is 0 Å². The van der Waals surface area contributed by atoms with E-state index in [1.54, 1.807) is 62.6 Å². The molecule has 0 aliphatic rings. The molecular weight excluding hydrogens is 971 g/mol. The van der Waals surface area contributed by atoms with Crippen molar-refractivity contribution in [3.8, 4) is 5.75 Å². The van der Waals surface area contributed by atoms with Gasteiger partial charge in [0.05, 0.1) is 12.4 Å². The maximum absolute atomic E-state index is 14.4. The summed E-state index contributed by atoms with van der Waals surface area (Å²) >= 11 is 5.43. The number of nitrogens with two attached hydrogens (primary N) is 3. The summed E-state index contributed by atoms with van der Waals surface area (Å²) in [6, 6.07) is 5.75. The molecule has 0 aliphatic heterocycles. The lowest BCUT2D eigenvalue weighted by atomic mass is 9.99. The number of nitrogens with zero attached hydrogens (tertiary/aromatic N) is 1. The Labute approximate surface area is 428 Å². The number of carbonyl (C=O) groups excluding carboxylic acids is 9. The highest BCUT2D eigenvalue weighted by atomic mass is 32.2. The molecule has 1 aromatic heterocycles. The quantitative estimate of drug-likeness (QED) is 0.0284. The average molecular weight is 1040 g/mol. The van der Waals surface area contributed by atoms with Gasteiger partial charge in [-0.25, -0.2) is 9.78 Å². The van der Waals surface area contributed by atoms with E-state index in [4.69, 9.17) is 21.9 Å². The van der Waals surface area contributed by atoms with Crippen molar-refractivity contribution in [2.24, 2.45) is 29.0 Å². The normalized spacial score (nSPS) is 14.5. The lowest BCUT2D eigenvalue weighted by Gasteiger charge is -2.29. The van der Waals surface area contributed by atoms with Gasteiger partial charge in [-0.15, -0.1) is 0 Å². The number of ether oxygens (including phenoxy) is 1. The van der Waals surface area contributed by atoms with E-state index < -0.39 is 108 Å². The molecule has 24 heteroatoms. The van der Waals surface area contributed by atoms with Gasteiger partial charge in [0.25, 0.3) is 5.91 Å². The Bertz CT molecular complexity index is 2270. The van der Waals surface area contributed by atoms with Crippen molar-refractivity contribution < 1.29 is 53.0 Å². The molecule has 3 rings (SSSR count). The van der Waals surface area contributed by atoms with Crippen molar-refractivity contribution in [3.63, 3.8) is 0 Å². The number of H-pyrrole nitrogens is 1. The van der Waals surface area contributed by atoms with E-state index in [1.165, 1.54) is 36.4 Å². The van der Waals surface area contributed by atoms with Crippen LogP contribution in [0.1, 0.15) is 70.2 Å². The summed E-state index contributed by atoms with van der Waals surface area (Å²) in [6.45, 7) is 6.95. The zero-order valence-corrected chi connectivity index (χ0v) is 42.8. The standard InChI is InChI=1S/C48H69N11O11S2/c1-26(2)19-35(44(65)55-34(17-18-72-5)48(69)70-38(24-71)41(51)62)56-45(66)36(21-28-9-7-6-8-10-28)58-47(68)40(27(3)4)59-46(67)37(22-30-23-52-25-53-30)57-43(64)33(15-16-39(50)61)54-42(63)32(49)20-29-11-13-31(60)14-12-29/h6-14,23,25-27,32-38,40,60,71H,15-22,24,49H2,1-5H3,(H2,50,61)(H2,51,62)(H,52,53)(H,54,63)(H,55,65)(H,56,66)(H,57,64)(H,58,68)(H,59,67)/t32-,33-,34-,35-,36-,37-,38?,40-/m0/s1. The van der Waals surface area contributed by atoms with E-state index in [1.807, 2.05) is 13.8 Å². The minimum absolute atomic E-state index is 0.0157. The third-order valence-corrected chi connectivity index (χ3v) is 12.1. The molecule has 0 saturated heterocycles. The molecule has 394 valence electrons. The van der Waals surface area contributed by atoms with Crippen molar-refractivity contribution in [3.05, 3.63) is 83.9 Å². The van der Waals surface area contributed by atoms with Crippen LogP contribution in [0.4, 0.5) is 0 Å². The number of carbonyl (C=O) groups is 9.